The number of fused-ring (bicyclic) bond motifs is 1. The van der Waals surface area contributed by atoms with Gasteiger partial charge in [-0.3, -0.25) is 14.4 Å². The molecule has 0 unspecified atom stereocenters. The summed E-state index contributed by atoms with van der Waals surface area (Å²) in [6, 6.07) is 13.2. The first-order valence-electron chi connectivity index (χ1n) is 8.48. The summed E-state index contributed by atoms with van der Waals surface area (Å²) in [5, 5.41) is 20.4. The van der Waals surface area contributed by atoms with E-state index in [-0.39, 0.29) is 35.0 Å². The molecule has 0 amide bonds. The number of hydrogen-bond acceptors (Lipinski definition) is 7. The molecule has 0 spiro atoms. The maximum atomic E-state index is 13.1. The van der Waals surface area contributed by atoms with Crippen molar-refractivity contribution in [1.29, 1.82) is 5.26 Å². The second-order valence-electron chi connectivity index (χ2n) is 5.99. The highest BCUT2D eigenvalue weighted by molar-refractivity contribution is 7.90. The molecule has 2 aromatic carbocycles. The molecule has 1 heterocycles. The minimum absolute atomic E-state index is 0.0219. The number of hydrogen-bond donors (Lipinski definition) is 0. The molecule has 1 aliphatic rings. The Balaban J connectivity index is 2.16. The number of nitro groups is 1. The third-order valence-electron chi connectivity index (χ3n) is 4.26. The van der Waals surface area contributed by atoms with Crippen molar-refractivity contribution in [2.75, 3.05) is 6.61 Å². The van der Waals surface area contributed by atoms with Crippen LogP contribution in [0.1, 0.15) is 18.1 Å². The number of carbonyl (C=O) groups excluding carboxylic acids is 1. The maximum Gasteiger partial charge on any atom is 0.351 e. The van der Waals surface area contributed by atoms with E-state index in [1.807, 2.05) is 0 Å². The van der Waals surface area contributed by atoms with Crippen LogP contribution in [-0.4, -0.2) is 30.2 Å². The Morgan fingerprint density at radius 1 is 1.21 bits per heavy atom. The van der Waals surface area contributed by atoms with E-state index < -0.39 is 26.5 Å². The second-order valence-corrected chi connectivity index (χ2v) is 7.82. The average molecular weight is 413 g/mol. The standard InChI is InChI=1S/C19H15N3O6S/c1-2-28-19(23)16(11-20)18-15-5-3-4-6-17(15)29(26,27)21(18)12-13-7-9-14(10-8-13)22(24)25/h3-10H,2,12H2,1H3/b18-16-. The zero-order valence-electron chi connectivity index (χ0n) is 15.2. The van der Waals surface area contributed by atoms with Crippen LogP contribution >= 0.6 is 0 Å². The number of non-ortho nitro benzene ring substituents is 1. The van der Waals surface area contributed by atoms with Gasteiger partial charge in [0.1, 0.15) is 6.07 Å². The molecule has 0 saturated carbocycles. The van der Waals surface area contributed by atoms with Gasteiger partial charge < -0.3 is 4.74 Å². The molecular formula is C19H15N3O6S. The maximum absolute atomic E-state index is 13.1. The summed E-state index contributed by atoms with van der Waals surface area (Å²) in [6.45, 7) is 1.38. The van der Waals surface area contributed by atoms with Gasteiger partial charge in [0, 0.05) is 17.7 Å². The molecular weight excluding hydrogens is 398 g/mol. The van der Waals surface area contributed by atoms with Gasteiger partial charge in [0.05, 0.1) is 28.7 Å². The Morgan fingerprint density at radius 3 is 2.45 bits per heavy atom. The van der Waals surface area contributed by atoms with Gasteiger partial charge >= 0.3 is 5.97 Å². The first-order chi connectivity index (χ1) is 13.8. The normalized spacial score (nSPS) is 15.9. The molecule has 0 aromatic heterocycles. The summed E-state index contributed by atoms with van der Waals surface area (Å²) in [7, 11) is -4.04. The zero-order valence-corrected chi connectivity index (χ0v) is 16.0. The Labute approximate surface area is 166 Å². The molecule has 0 aliphatic carbocycles. The van der Waals surface area contributed by atoms with Crippen LogP contribution in [0.15, 0.2) is 59.0 Å². The first-order valence-corrected chi connectivity index (χ1v) is 9.92. The lowest BCUT2D eigenvalue weighted by Gasteiger charge is -2.20. The summed E-state index contributed by atoms with van der Waals surface area (Å²) < 4.78 is 32.1. The predicted octanol–water partition coefficient (Wildman–Crippen LogP) is 2.60. The number of benzene rings is 2. The Bertz CT molecular complexity index is 1160. The molecule has 0 saturated heterocycles. The van der Waals surface area contributed by atoms with Crippen molar-refractivity contribution in [2.24, 2.45) is 0 Å². The highest BCUT2D eigenvalue weighted by Gasteiger charge is 2.41. The van der Waals surface area contributed by atoms with Gasteiger partial charge in [-0.15, -0.1) is 0 Å². The van der Waals surface area contributed by atoms with Crippen molar-refractivity contribution in [3.05, 3.63) is 75.3 Å². The lowest BCUT2D eigenvalue weighted by atomic mass is 10.1. The highest BCUT2D eigenvalue weighted by Crippen LogP contribution is 2.41. The van der Waals surface area contributed by atoms with Gasteiger partial charge in [0.2, 0.25) is 0 Å². The van der Waals surface area contributed by atoms with Crippen LogP contribution in [0.2, 0.25) is 0 Å². The molecule has 1 aliphatic heterocycles. The molecule has 29 heavy (non-hydrogen) atoms. The third-order valence-corrected chi connectivity index (χ3v) is 6.06. The van der Waals surface area contributed by atoms with Crippen LogP contribution in [0.5, 0.6) is 0 Å². The lowest BCUT2D eigenvalue weighted by Crippen LogP contribution is -2.25. The van der Waals surface area contributed by atoms with Crippen LogP contribution in [0.25, 0.3) is 5.70 Å². The topological polar surface area (TPSA) is 131 Å². The number of ether oxygens (including phenoxy) is 1. The number of carbonyl (C=O) groups is 1. The fourth-order valence-electron chi connectivity index (χ4n) is 2.97. The molecule has 3 rings (SSSR count). The number of nitrogens with zero attached hydrogens (tertiary/aromatic N) is 3. The molecule has 9 nitrogen and oxygen atoms in total. The van der Waals surface area contributed by atoms with Gasteiger partial charge in [0.15, 0.2) is 5.57 Å². The first kappa shape index (κ1) is 20.0. The van der Waals surface area contributed by atoms with Crippen LogP contribution < -0.4 is 0 Å². The van der Waals surface area contributed by atoms with E-state index in [1.54, 1.807) is 25.1 Å². The largest absolute Gasteiger partial charge is 0.462 e. The monoisotopic (exact) mass is 413 g/mol. The van der Waals surface area contributed by atoms with Crippen molar-refractivity contribution in [3.8, 4) is 6.07 Å². The molecule has 148 valence electrons. The minimum Gasteiger partial charge on any atom is -0.462 e. The summed E-state index contributed by atoms with van der Waals surface area (Å²) in [4.78, 5) is 22.5. The van der Waals surface area contributed by atoms with Crippen LogP contribution in [0.4, 0.5) is 5.69 Å². The SMILES string of the molecule is CCOC(=O)/C(C#N)=C1/c2ccccc2S(=O)(=O)N1Cc1ccc([N+](=O)[O-])cc1. The van der Waals surface area contributed by atoms with Crippen molar-refractivity contribution < 1.29 is 22.9 Å². The van der Waals surface area contributed by atoms with E-state index in [9.17, 15) is 28.6 Å². The molecule has 0 bridgehead atoms. The van der Waals surface area contributed by atoms with E-state index in [2.05, 4.69) is 0 Å². The fourth-order valence-corrected chi connectivity index (χ4v) is 4.65. The molecule has 0 atom stereocenters. The lowest BCUT2D eigenvalue weighted by molar-refractivity contribution is -0.384. The molecule has 2 aromatic rings. The van der Waals surface area contributed by atoms with Gasteiger partial charge in [-0.2, -0.15) is 5.26 Å². The number of esters is 1. The van der Waals surface area contributed by atoms with Crippen molar-refractivity contribution in [3.63, 3.8) is 0 Å². The zero-order chi connectivity index (χ0) is 21.2. The quantitative estimate of drug-likeness (QED) is 0.242. The van der Waals surface area contributed by atoms with Gasteiger partial charge in [-0.25, -0.2) is 13.2 Å². The predicted molar refractivity (Wildman–Crippen MR) is 101 cm³/mol. The number of sulfonamides is 1. The molecule has 0 radical (unpaired) electrons. The van der Waals surface area contributed by atoms with E-state index in [1.165, 1.54) is 36.4 Å². The Kier molecular flexibility index (Phi) is 5.34. The molecule has 0 N–H and O–H groups in total. The summed E-state index contributed by atoms with van der Waals surface area (Å²) >= 11 is 0. The average Bonchev–Trinajstić information content (AvgIpc) is 2.91. The van der Waals surface area contributed by atoms with Gasteiger partial charge in [-0.05, 0) is 18.6 Å². The van der Waals surface area contributed by atoms with Crippen LogP contribution in [-0.2, 0) is 26.1 Å². The van der Waals surface area contributed by atoms with Crippen molar-refractivity contribution in [2.45, 2.75) is 18.4 Å². The van der Waals surface area contributed by atoms with Crippen LogP contribution in [0.3, 0.4) is 0 Å². The molecule has 10 heteroatoms. The third kappa shape index (κ3) is 3.55. The van der Waals surface area contributed by atoms with E-state index in [0.29, 0.717) is 5.56 Å². The Morgan fingerprint density at radius 2 is 1.86 bits per heavy atom. The molecule has 0 fully saturated rings. The summed E-state index contributed by atoms with van der Waals surface area (Å²) in [5.74, 6) is -0.925. The summed E-state index contributed by atoms with van der Waals surface area (Å²) in [6.07, 6.45) is 0. The van der Waals surface area contributed by atoms with E-state index in [4.69, 9.17) is 4.74 Å². The number of nitriles is 1. The van der Waals surface area contributed by atoms with Crippen LogP contribution in [0, 0.1) is 21.4 Å². The second kappa shape index (κ2) is 7.73. The van der Waals surface area contributed by atoms with E-state index in [0.717, 1.165) is 4.31 Å². The van der Waals surface area contributed by atoms with Crippen molar-refractivity contribution in [1.82, 2.24) is 4.31 Å². The van der Waals surface area contributed by atoms with Crippen molar-refractivity contribution >= 4 is 27.4 Å². The fraction of sp³-hybridized carbons (Fsp3) is 0.158. The number of nitro benzene ring substituents is 1. The van der Waals surface area contributed by atoms with Gasteiger partial charge in [0.25, 0.3) is 15.7 Å². The van der Waals surface area contributed by atoms with Gasteiger partial charge in [-0.1, -0.05) is 30.3 Å². The number of rotatable bonds is 5. The summed E-state index contributed by atoms with van der Waals surface area (Å²) in [5.41, 5.74) is 0.0353. The Hall–Kier alpha value is -3.71. The van der Waals surface area contributed by atoms with E-state index >= 15 is 0 Å². The highest BCUT2D eigenvalue weighted by atomic mass is 32.2. The smallest absolute Gasteiger partial charge is 0.351 e. The minimum atomic E-state index is -4.04.